The lowest BCUT2D eigenvalue weighted by Crippen LogP contribution is -1.94. The summed E-state index contributed by atoms with van der Waals surface area (Å²) in [4.78, 5) is 0. The maximum atomic E-state index is 4.33. The average molecular weight is 202 g/mol. The Morgan fingerprint density at radius 1 is 0.933 bits per heavy atom. The fourth-order valence-electron chi connectivity index (χ4n) is 1.26. The fraction of sp³-hybridized carbons (Fsp3) is 0.308. The van der Waals surface area contributed by atoms with Gasteiger partial charge in [-0.1, -0.05) is 31.5 Å². The van der Waals surface area contributed by atoms with Crippen molar-refractivity contribution in [1.82, 2.24) is 9.78 Å². The summed E-state index contributed by atoms with van der Waals surface area (Å²) in [6.07, 6.45) is 1.97. The van der Waals surface area contributed by atoms with E-state index in [0.717, 1.165) is 11.4 Å². The second kappa shape index (κ2) is 5.35. The minimum Gasteiger partial charge on any atom is -0.241 e. The minimum atomic E-state index is 1.04. The van der Waals surface area contributed by atoms with Crippen molar-refractivity contribution >= 4 is 0 Å². The van der Waals surface area contributed by atoms with Gasteiger partial charge in [0.15, 0.2) is 0 Å². The van der Waals surface area contributed by atoms with Crippen LogP contribution >= 0.6 is 0 Å². The molecule has 0 N–H and O–H groups in total. The lowest BCUT2D eigenvalue weighted by molar-refractivity contribution is 0.862. The molecule has 0 aliphatic carbocycles. The van der Waals surface area contributed by atoms with Crippen LogP contribution in [0.1, 0.15) is 25.1 Å². The molecule has 15 heavy (non-hydrogen) atoms. The number of benzene rings is 1. The number of aryl methyl sites for hydroxylation is 2. The molecule has 0 aliphatic heterocycles. The highest BCUT2D eigenvalue weighted by atomic mass is 15.3. The van der Waals surface area contributed by atoms with Gasteiger partial charge < -0.3 is 0 Å². The molecule has 0 saturated carbocycles. The van der Waals surface area contributed by atoms with E-state index in [1.165, 1.54) is 5.56 Å². The van der Waals surface area contributed by atoms with Gasteiger partial charge >= 0.3 is 0 Å². The lowest BCUT2D eigenvalue weighted by atomic mass is 10.2. The molecule has 80 valence electrons. The quantitative estimate of drug-likeness (QED) is 0.692. The SMILES string of the molecule is CC.Cc1ccc(-n2ccc(C)n2)cc1. The standard InChI is InChI=1S/C11H12N2.C2H6/c1-9-3-5-11(6-4-9)13-8-7-10(2)12-13;1-2/h3-8H,1-2H3;1-2H3. The van der Waals surface area contributed by atoms with Crippen molar-refractivity contribution in [3.8, 4) is 5.69 Å². The van der Waals surface area contributed by atoms with E-state index in [0.29, 0.717) is 0 Å². The summed E-state index contributed by atoms with van der Waals surface area (Å²) in [5.41, 5.74) is 3.42. The van der Waals surface area contributed by atoms with Crippen LogP contribution in [0.25, 0.3) is 5.69 Å². The summed E-state index contributed by atoms with van der Waals surface area (Å²) in [6, 6.07) is 10.3. The lowest BCUT2D eigenvalue weighted by Gasteiger charge is -2.00. The molecule has 0 atom stereocenters. The van der Waals surface area contributed by atoms with Gasteiger partial charge in [-0.15, -0.1) is 0 Å². The van der Waals surface area contributed by atoms with Crippen molar-refractivity contribution in [2.24, 2.45) is 0 Å². The third-order valence-corrected chi connectivity index (χ3v) is 2.02. The first kappa shape index (κ1) is 11.5. The van der Waals surface area contributed by atoms with Gasteiger partial charge in [0.2, 0.25) is 0 Å². The molecule has 0 bridgehead atoms. The van der Waals surface area contributed by atoms with Gasteiger partial charge in [0.05, 0.1) is 11.4 Å². The molecule has 0 aliphatic rings. The van der Waals surface area contributed by atoms with Crippen LogP contribution in [0.3, 0.4) is 0 Å². The second-order valence-electron chi connectivity index (χ2n) is 3.24. The molecule has 0 saturated heterocycles. The Hall–Kier alpha value is -1.57. The van der Waals surface area contributed by atoms with Crippen LogP contribution in [0.5, 0.6) is 0 Å². The molecule has 0 radical (unpaired) electrons. The second-order valence-corrected chi connectivity index (χ2v) is 3.24. The van der Waals surface area contributed by atoms with E-state index in [9.17, 15) is 0 Å². The molecular formula is C13H18N2. The summed E-state index contributed by atoms with van der Waals surface area (Å²) in [5, 5.41) is 4.33. The molecule has 1 aromatic carbocycles. The number of rotatable bonds is 1. The zero-order valence-electron chi connectivity index (χ0n) is 9.86. The van der Waals surface area contributed by atoms with Crippen LogP contribution in [0.15, 0.2) is 36.5 Å². The van der Waals surface area contributed by atoms with Crippen LogP contribution in [-0.2, 0) is 0 Å². The fourth-order valence-corrected chi connectivity index (χ4v) is 1.26. The molecule has 2 rings (SSSR count). The molecule has 0 spiro atoms. The normalized spacial score (nSPS) is 9.33. The first-order valence-electron chi connectivity index (χ1n) is 5.35. The van der Waals surface area contributed by atoms with Gasteiger partial charge in [-0.05, 0) is 32.0 Å². The molecule has 1 aromatic heterocycles. The third kappa shape index (κ3) is 2.94. The van der Waals surface area contributed by atoms with Gasteiger partial charge in [-0.3, -0.25) is 0 Å². The predicted octanol–water partition coefficient (Wildman–Crippen LogP) is 3.52. The maximum absolute atomic E-state index is 4.33. The average Bonchev–Trinajstić information content (AvgIpc) is 2.69. The first-order valence-corrected chi connectivity index (χ1v) is 5.35. The Bertz CT molecular complexity index is 399. The highest BCUT2D eigenvalue weighted by Crippen LogP contribution is 2.08. The molecule has 0 amide bonds. The first-order chi connectivity index (χ1) is 7.25. The number of hydrogen-bond donors (Lipinski definition) is 0. The molecule has 2 nitrogen and oxygen atoms in total. The topological polar surface area (TPSA) is 17.8 Å². The summed E-state index contributed by atoms with van der Waals surface area (Å²) >= 11 is 0. The van der Waals surface area contributed by atoms with Gasteiger partial charge in [-0.25, -0.2) is 4.68 Å². The van der Waals surface area contributed by atoms with E-state index in [4.69, 9.17) is 0 Å². The molecular weight excluding hydrogens is 184 g/mol. The third-order valence-electron chi connectivity index (χ3n) is 2.02. The van der Waals surface area contributed by atoms with E-state index < -0.39 is 0 Å². The van der Waals surface area contributed by atoms with Gasteiger partial charge in [0, 0.05) is 6.20 Å². The summed E-state index contributed by atoms with van der Waals surface area (Å²) < 4.78 is 1.88. The van der Waals surface area contributed by atoms with Crippen LogP contribution in [0.4, 0.5) is 0 Å². The van der Waals surface area contributed by atoms with E-state index in [2.05, 4.69) is 36.3 Å². The number of nitrogens with zero attached hydrogens (tertiary/aromatic N) is 2. The van der Waals surface area contributed by atoms with E-state index in [-0.39, 0.29) is 0 Å². The van der Waals surface area contributed by atoms with Crippen LogP contribution in [0.2, 0.25) is 0 Å². The highest BCUT2D eigenvalue weighted by molar-refractivity contribution is 5.33. The molecule has 1 heterocycles. The Kier molecular flexibility index (Phi) is 4.10. The monoisotopic (exact) mass is 202 g/mol. The maximum Gasteiger partial charge on any atom is 0.0645 e. The van der Waals surface area contributed by atoms with Gasteiger partial charge in [0.1, 0.15) is 0 Å². The number of aromatic nitrogens is 2. The molecule has 2 heteroatoms. The van der Waals surface area contributed by atoms with Crippen LogP contribution < -0.4 is 0 Å². The van der Waals surface area contributed by atoms with Crippen molar-refractivity contribution in [2.45, 2.75) is 27.7 Å². The predicted molar refractivity (Wildman–Crippen MR) is 64.4 cm³/mol. The smallest absolute Gasteiger partial charge is 0.0645 e. The molecule has 2 aromatic rings. The van der Waals surface area contributed by atoms with Crippen LogP contribution in [0, 0.1) is 13.8 Å². The van der Waals surface area contributed by atoms with Crippen molar-refractivity contribution in [2.75, 3.05) is 0 Å². The Labute approximate surface area is 91.6 Å². The highest BCUT2D eigenvalue weighted by Gasteiger charge is 1.96. The minimum absolute atomic E-state index is 1.04. The molecule has 0 unspecified atom stereocenters. The van der Waals surface area contributed by atoms with Crippen LogP contribution in [-0.4, -0.2) is 9.78 Å². The zero-order chi connectivity index (χ0) is 11.3. The summed E-state index contributed by atoms with van der Waals surface area (Å²) in [5.74, 6) is 0. The number of hydrogen-bond acceptors (Lipinski definition) is 1. The molecule has 0 fully saturated rings. The largest absolute Gasteiger partial charge is 0.241 e. The van der Waals surface area contributed by atoms with E-state index in [1.54, 1.807) is 0 Å². The van der Waals surface area contributed by atoms with Crippen molar-refractivity contribution < 1.29 is 0 Å². The Morgan fingerprint density at radius 3 is 2.00 bits per heavy atom. The van der Waals surface area contributed by atoms with E-state index >= 15 is 0 Å². The van der Waals surface area contributed by atoms with Crippen molar-refractivity contribution in [3.05, 3.63) is 47.8 Å². The van der Waals surface area contributed by atoms with Gasteiger partial charge in [0.25, 0.3) is 0 Å². The van der Waals surface area contributed by atoms with E-state index in [1.807, 2.05) is 37.7 Å². The Morgan fingerprint density at radius 2 is 1.53 bits per heavy atom. The van der Waals surface area contributed by atoms with Crippen molar-refractivity contribution in [1.29, 1.82) is 0 Å². The van der Waals surface area contributed by atoms with Gasteiger partial charge in [-0.2, -0.15) is 5.10 Å². The Balaban J connectivity index is 0.000000531. The zero-order valence-corrected chi connectivity index (χ0v) is 9.86. The summed E-state index contributed by atoms with van der Waals surface area (Å²) in [7, 11) is 0. The van der Waals surface area contributed by atoms with Crippen molar-refractivity contribution in [3.63, 3.8) is 0 Å². The summed E-state index contributed by atoms with van der Waals surface area (Å²) in [6.45, 7) is 8.07.